The lowest BCUT2D eigenvalue weighted by atomic mass is 10.2. The molecule has 0 atom stereocenters. The molecule has 6 heteroatoms. The first-order valence-corrected chi connectivity index (χ1v) is 6.89. The predicted molar refractivity (Wildman–Crippen MR) is 82.1 cm³/mol. The fourth-order valence-corrected chi connectivity index (χ4v) is 1.69. The van der Waals surface area contributed by atoms with Crippen molar-refractivity contribution in [1.29, 1.82) is 0 Å². The number of rotatable bonds is 6. The number of anilines is 1. The minimum Gasteiger partial charge on any atom is -0.445 e. The van der Waals surface area contributed by atoms with Gasteiger partial charge in [-0.15, -0.1) is 0 Å². The summed E-state index contributed by atoms with van der Waals surface area (Å²) in [6.07, 6.45) is 1.20. The SMILES string of the molecule is O=C(CCNC(=O)OCc1ccccc1)Nc1ccccn1. The molecule has 0 unspecified atom stereocenters. The first-order valence-electron chi connectivity index (χ1n) is 6.89. The molecule has 0 aliphatic heterocycles. The molecule has 1 aromatic heterocycles. The molecule has 0 spiro atoms. The first-order chi connectivity index (χ1) is 10.7. The quantitative estimate of drug-likeness (QED) is 0.858. The van der Waals surface area contributed by atoms with Crippen LogP contribution in [0.15, 0.2) is 54.7 Å². The van der Waals surface area contributed by atoms with E-state index in [-0.39, 0.29) is 25.5 Å². The van der Waals surface area contributed by atoms with Gasteiger partial charge in [-0.2, -0.15) is 0 Å². The van der Waals surface area contributed by atoms with Gasteiger partial charge in [0.2, 0.25) is 5.91 Å². The van der Waals surface area contributed by atoms with Crippen molar-refractivity contribution in [3.63, 3.8) is 0 Å². The Morgan fingerprint density at radius 1 is 1.05 bits per heavy atom. The van der Waals surface area contributed by atoms with Gasteiger partial charge in [-0.25, -0.2) is 9.78 Å². The van der Waals surface area contributed by atoms with Crippen LogP contribution in [-0.2, 0) is 16.1 Å². The van der Waals surface area contributed by atoms with E-state index in [2.05, 4.69) is 15.6 Å². The van der Waals surface area contributed by atoms with Crippen LogP contribution in [0.3, 0.4) is 0 Å². The van der Waals surface area contributed by atoms with Crippen LogP contribution in [0.1, 0.15) is 12.0 Å². The third kappa shape index (κ3) is 5.62. The van der Waals surface area contributed by atoms with Crippen LogP contribution in [0.4, 0.5) is 10.6 Å². The Balaban J connectivity index is 1.61. The first kappa shape index (κ1) is 15.5. The Morgan fingerprint density at radius 2 is 1.82 bits per heavy atom. The molecule has 2 rings (SSSR count). The summed E-state index contributed by atoms with van der Waals surface area (Å²) in [5.41, 5.74) is 0.908. The molecule has 0 bridgehead atoms. The number of amides is 2. The number of benzene rings is 1. The molecule has 6 nitrogen and oxygen atoms in total. The van der Waals surface area contributed by atoms with Crippen molar-refractivity contribution in [3.05, 3.63) is 60.3 Å². The zero-order chi connectivity index (χ0) is 15.6. The molecule has 2 aromatic rings. The van der Waals surface area contributed by atoms with E-state index >= 15 is 0 Å². The summed E-state index contributed by atoms with van der Waals surface area (Å²) in [5, 5.41) is 5.16. The lowest BCUT2D eigenvalue weighted by Crippen LogP contribution is -2.28. The fourth-order valence-electron chi connectivity index (χ4n) is 1.69. The highest BCUT2D eigenvalue weighted by molar-refractivity contribution is 5.90. The van der Waals surface area contributed by atoms with Gasteiger partial charge in [0.05, 0.1) is 0 Å². The Bertz CT molecular complexity index is 603. The smallest absolute Gasteiger partial charge is 0.407 e. The molecule has 1 aromatic carbocycles. The van der Waals surface area contributed by atoms with Crippen molar-refractivity contribution < 1.29 is 14.3 Å². The largest absolute Gasteiger partial charge is 0.445 e. The maximum atomic E-state index is 11.6. The number of pyridine rings is 1. The second-order valence-electron chi connectivity index (χ2n) is 4.50. The summed E-state index contributed by atoms with van der Waals surface area (Å²) in [6, 6.07) is 14.6. The van der Waals surface area contributed by atoms with Gasteiger partial charge in [0.15, 0.2) is 0 Å². The van der Waals surface area contributed by atoms with Crippen LogP contribution in [0.2, 0.25) is 0 Å². The molecule has 2 N–H and O–H groups in total. The molecule has 0 saturated carbocycles. The van der Waals surface area contributed by atoms with Crippen LogP contribution >= 0.6 is 0 Å². The third-order valence-electron chi connectivity index (χ3n) is 2.77. The van der Waals surface area contributed by atoms with Crippen molar-refractivity contribution in [2.45, 2.75) is 13.0 Å². The van der Waals surface area contributed by atoms with Gasteiger partial charge in [-0.3, -0.25) is 4.79 Å². The van der Waals surface area contributed by atoms with E-state index < -0.39 is 6.09 Å². The molecule has 1 heterocycles. The molecule has 22 heavy (non-hydrogen) atoms. The van der Waals surface area contributed by atoms with Gasteiger partial charge in [0, 0.05) is 19.2 Å². The summed E-state index contributed by atoms with van der Waals surface area (Å²) in [7, 11) is 0. The lowest BCUT2D eigenvalue weighted by Gasteiger charge is -2.07. The number of hydrogen-bond donors (Lipinski definition) is 2. The number of ether oxygens (including phenoxy) is 1. The van der Waals surface area contributed by atoms with Crippen molar-refractivity contribution >= 4 is 17.8 Å². The summed E-state index contributed by atoms with van der Waals surface area (Å²) in [5.74, 6) is 0.265. The molecular formula is C16H17N3O3. The number of carbonyl (C=O) groups excluding carboxylic acids is 2. The summed E-state index contributed by atoms with van der Waals surface area (Å²) in [6.45, 7) is 0.402. The molecule has 0 radical (unpaired) electrons. The van der Waals surface area contributed by atoms with Crippen LogP contribution in [0.25, 0.3) is 0 Å². The maximum Gasteiger partial charge on any atom is 0.407 e. The lowest BCUT2D eigenvalue weighted by molar-refractivity contribution is -0.116. The summed E-state index contributed by atoms with van der Waals surface area (Å²) >= 11 is 0. The van der Waals surface area contributed by atoms with E-state index in [1.807, 2.05) is 30.3 Å². The highest BCUT2D eigenvalue weighted by Gasteiger charge is 2.06. The second kappa shape index (κ2) is 8.41. The average molecular weight is 299 g/mol. The molecule has 0 aliphatic rings. The van der Waals surface area contributed by atoms with E-state index in [0.717, 1.165) is 5.56 Å². The molecule has 0 fully saturated rings. The van der Waals surface area contributed by atoms with Crippen LogP contribution in [0.5, 0.6) is 0 Å². The fraction of sp³-hybridized carbons (Fsp3) is 0.188. The zero-order valence-electron chi connectivity index (χ0n) is 12.0. The Morgan fingerprint density at radius 3 is 2.55 bits per heavy atom. The zero-order valence-corrected chi connectivity index (χ0v) is 12.0. The topological polar surface area (TPSA) is 80.3 Å². The van der Waals surface area contributed by atoms with Crippen molar-refractivity contribution in [3.8, 4) is 0 Å². The van der Waals surface area contributed by atoms with E-state index in [0.29, 0.717) is 5.82 Å². The number of nitrogens with one attached hydrogen (secondary N) is 2. The Hall–Kier alpha value is -2.89. The van der Waals surface area contributed by atoms with Gasteiger partial charge < -0.3 is 15.4 Å². The van der Waals surface area contributed by atoms with Gasteiger partial charge in [0.25, 0.3) is 0 Å². The minimum absolute atomic E-state index is 0.150. The van der Waals surface area contributed by atoms with Crippen LogP contribution in [0, 0.1) is 0 Å². The molecule has 0 saturated heterocycles. The van der Waals surface area contributed by atoms with Gasteiger partial charge >= 0.3 is 6.09 Å². The minimum atomic E-state index is -0.547. The van der Waals surface area contributed by atoms with Crippen LogP contribution in [-0.4, -0.2) is 23.5 Å². The predicted octanol–water partition coefficient (Wildman–Crippen LogP) is 2.34. The number of aromatic nitrogens is 1. The monoisotopic (exact) mass is 299 g/mol. The van der Waals surface area contributed by atoms with E-state index in [1.165, 1.54) is 0 Å². The molecule has 114 valence electrons. The highest BCUT2D eigenvalue weighted by atomic mass is 16.5. The standard InChI is InChI=1S/C16H17N3O3/c20-15(19-14-8-4-5-10-17-14)9-11-18-16(21)22-12-13-6-2-1-3-7-13/h1-8,10H,9,11-12H2,(H,18,21)(H,17,19,20). The van der Waals surface area contributed by atoms with Gasteiger partial charge in [-0.05, 0) is 17.7 Å². The Kier molecular flexibility index (Phi) is 5.92. The average Bonchev–Trinajstić information content (AvgIpc) is 2.55. The number of hydrogen-bond acceptors (Lipinski definition) is 4. The summed E-state index contributed by atoms with van der Waals surface area (Å²) in [4.78, 5) is 27.1. The molecular weight excluding hydrogens is 282 g/mol. The normalized spacial score (nSPS) is 9.82. The number of alkyl carbamates (subject to hydrolysis) is 1. The maximum absolute atomic E-state index is 11.6. The van der Waals surface area contributed by atoms with Crippen molar-refractivity contribution in [1.82, 2.24) is 10.3 Å². The second-order valence-corrected chi connectivity index (χ2v) is 4.50. The van der Waals surface area contributed by atoms with Gasteiger partial charge in [-0.1, -0.05) is 36.4 Å². The van der Waals surface area contributed by atoms with Gasteiger partial charge in [0.1, 0.15) is 12.4 Å². The van der Waals surface area contributed by atoms with E-state index in [1.54, 1.807) is 24.4 Å². The van der Waals surface area contributed by atoms with E-state index in [9.17, 15) is 9.59 Å². The highest BCUT2D eigenvalue weighted by Crippen LogP contribution is 2.01. The van der Waals surface area contributed by atoms with Crippen molar-refractivity contribution in [2.24, 2.45) is 0 Å². The summed E-state index contributed by atoms with van der Waals surface area (Å²) < 4.78 is 5.03. The third-order valence-corrected chi connectivity index (χ3v) is 2.77. The number of carbonyl (C=O) groups is 2. The molecule has 0 aliphatic carbocycles. The molecule has 2 amide bonds. The van der Waals surface area contributed by atoms with Crippen LogP contribution < -0.4 is 10.6 Å². The number of nitrogens with zero attached hydrogens (tertiary/aromatic N) is 1. The Labute approximate surface area is 128 Å². The van der Waals surface area contributed by atoms with E-state index in [4.69, 9.17) is 4.74 Å². The van der Waals surface area contributed by atoms with Crippen molar-refractivity contribution in [2.75, 3.05) is 11.9 Å².